The van der Waals surface area contributed by atoms with Gasteiger partial charge in [0.2, 0.25) is 0 Å². The maximum atomic E-state index is 3.47. The van der Waals surface area contributed by atoms with Crippen LogP contribution in [0.3, 0.4) is 0 Å². The van der Waals surface area contributed by atoms with E-state index in [2.05, 4.69) is 76.4 Å². The summed E-state index contributed by atoms with van der Waals surface area (Å²) >= 11 is 2.43. The van der Waals surface area contributed by atoms with Crippen LogP contribution in [0, 0.1) is 3.57 Å². The minimum atomic E-state index is 0.281. The second-order valence-electron chi connectivity index (χ2n) is 5.54. The summed E-state index contributed by atoms with van der Waals surface area (Å²) in [6, 6.07) is 18.0. The molecule has 1 nitrogen and oxygen atoms in total. The predicted molar refractivity (Wildman–Crippen MR) is 93.1 cm³/mol. The highest BCUT2D eigenvalue weighted by Crippen LogP contribution is 2.37. The van der Waals surface area contributed by atoms with Crippen molar-refractivity contribution in [2.24, 2.45) is 0 Å². The molecule has 1 N–H and O–H groups in total. The van der Waals surface area contributed by atoms with Crippen LogP contribution in [-0.4, -0.2) is 7.05 Å². The molecule has 0 aromatic heterocycles. The van der Waals surface area contributed by atoms with Gasteiger partial charge >= 0.3 is 0 Å². The van der Waals surface area contributed by atoms with Crippen LogP contribution in [0.5, 0.6) is 0 Å². The zero-order valence-corrected chi connectivity index (χ0v) is 13.9. The molecule has 1 atom stereocenters. The van der Waals surface area contributed by atoms with Crippen molar-refractivity contribution in [1.29, 1.82) is 0 Å². The van der Waals surface area contributed by atoms with Crippen molar-refractivity contribution in [3.63, 3.8) is 0 Å². The van der Waals surface area contributed by atoms with E-state index in [1.165, 1.54) is 39.5 Å². The molecular weight excluding hydrogens is 357 g/mol. The Morgan fingerprint density at radius 3 is 2.55 bits per heavy atom. The van der Waals surface area contributed by atoms with Gasteiger partial charge < -0.3 is 5.32 Å². The highest BCUT2D eigenvalue weighted by molar-refractivity contribution is 14.1. The first-order valence-electron chi connectivity index (χ1n) is 7.31. The van der Waals surface area contributed by atoms with E-state index in [0.29, 0.717) is 0 Å². The minimum Gasteiger partial charge on any atom is -0.309 e. The molecule has 0 radical (unpaired) electrons. The van der Waals surface area contributed by atoms with Crippen molar-refractivity contribution in [3.05, 3.63) is 68.8 Å². The fourth-order valence-corrected chi connectivity index (χ4v) is 3.64. The molecular formula is C18H20IN. The summed E-state index contributed by atoms with van der Waals surface area (Å²) in [6.07, 6.45) is 4.11. The Hall–Kier alpha value is -0.870. The lowest BCUT2D eigenvalue weighted by Gasteiger charge is -2.27. The topological polar surface area (TPSA) is 12.0 Å². The smallest absolute Gasteiger partial charge is 0.0584 e. The van der Waals surface area contributed by atoms with Crippen LogP contribution >= 0.6 is 22.6 Å². The van der Waals surface area contributed by atoms with E-state index in [1.54, 1.807) is 0 Å². The molecule has 0 aliphatic heterocycles. The molecule has 0 bridgehead atoms. The summed E-state index contributed by atoms with van der Waals surface area (Å²) in [7, 11) is 2.05. The molecule has 20 heavy (non-hydrogen) atoms. The predicted octanol–water partition coefficient (Wildman–Crippen LogP) is 4.87. The van der Waals surface area contributed by atoms with Crippen LogP contribution in [0.25, 0.3) is 0 Å². The number of rotatable bonds is 4. The lowest BCUT2D eigenvalue weighted by molar-refractivity contribution is 0.419. The van der Waals surface area contributed by atoms with E-state index in [9.17, 15) is 0 Å². The van der Waals surface area contributed by atoms with Crippen molar-refractivity contribution in [2.75, 3.05) is 7.05 Å². The maximum Gasteiger partial charge on any atom is 0.0584 e. The van der Waals surface area contributed by atoms with E-state index in [-0.39, 0.29) is 6.04 Å². The van der Waals surface area contributed by atoms with Gasteiger partial charge in [-0.1, -0.05) is 48.9 Å². The van der Waals surface area contributed by atoms with Gasteiger partial charge in [-0.2, -0.15) is 0 Å². The fraction of sp³-hybridized carbons (Fsp3) is 0.333. The van der Waals surface area contributed by atoms with Crippen molar-refractivity contribution in [2.45, 2.75) is 31.2 Å². The van der Waals surface area contributed by atoms with Gasteiger partial charge in [-0.3, -0.25) is 0 Å². The third-order valence-electron chi connectivity index (χ3n) is 4.33. The molecule has 1 fully saturated rings. The van der Waals surface area contributed by atoms with Gasteiger partial charge in [-0.25, -0.2) is 0 Å². The average molecular weight is 377 g/mol. The third-order valence-corrected chi connectivity index (χ3v) is 5.31. The second kappa shape index (κ2) is 6.27. The molecule has 1 saturated carbocycles. The molecule has 1 unspecified atom stereocenters. The van der Waals surface area contributed by atoms with Crippen molar-refractivity contribution in [1.82, 2.24) is 5.32 Å². The number of hydrogen-bond acceptors (Lipinski definition) is 1. The van der Waals surface area contributed by atoms with Crippen LogP contribution in [0.1, 0.15) is 47.9 Å². The zero-order valence-electron chi connectivity index (χ0n) is 11.8. The molecule has 2 heteroatoms. The molecule has 1 aliphatic rings. The lowest BCUT2D eigenvalue weighted by Crippen LogP contribution is -2.19. The van der Waals surface area contributed by atoms with Gasteiger partial charge in [0.25, 0.3) is 0 Å². The van der Waals surface area contributed by atoms with Gasteiger partial charge in [0.05, 0.1) is 6.04 Å². The van der Waals surface area contributed by atoms with E-state index in [4.69, 9.17) is 0 Å². The molecule has 0 heterocycles. The van der Waals surface area contributed by atoms with Crippen LogP contribution in [0.15, 0.2) is 48.5 Å². The Kier molecular flexibility index (Phi) is 4.41. The minimum absolute atomic E-state index is 0.281. The Morgan fingerprint density at radius 1 is 1.10 bits per heavy atom. The van der Waals surface area contributed by atoms with Gasteiger partial charge in [0.15, 0.2) is 0 Å². The molecule has 2 aromatic carbocycles. The molecule has 104 valence electrons. The highest BCUT2D eigenvalue weighted by Gasteiger charge is 2.21. The third kappa shape index (κ3) is 2.77. The van der Waals surface area contributed by atoms with E-state index < -0.39 is 0 Å². The maximum absolute atomic E-state index is 3.47. The molecule has 0 saturated heterocycles. The first kappa shape index (κ1) is 14.1. The van der Waals surface area contributed by atoms with Gasteiger partial charge in [-0.15, -0.1) is 0 Å². The summed E-state index contributed by atoms with van der Waals surface area (Å²) in [6.45, 7) is 0. The summed E-state index contributed by atoms with van der Waals surface area (Å²) in [4.78, 5) is 0. The van der Waals surface area contributed by atoms with E-state index in [1.807, 2.05) is 7.05 Å². The fourth-order valence-electron chi connectivity index (χ4n) is 2.95. The standard InChI is InChI=1S/C18H20IN/c1-20-18(16-10-2-3-11-17(16)19)15-9-5-8-14(12-15)13-6-4-7-13/h2-3,5,8-13,18,20H,4,6-7H2,1H3. The van der Waals surface area contributed by atoms with E-state index >= 15 is 0 Å². The van der Waals surface area contributed by atoms with Crippen LogP contribution in [0.4, 0.5) is 0 Å². The summed E-state index contributed by atoms with van der Waals surface area (Å²) < 4.78 is 1.32. The van der Waals surface area contributed by atoms with Gasteiger partial charge in [0.1, 0.15) is 0 Å². The van der Waals surface area contributed by atoms with Gasteiger partial charge in [0, 0.05) is 3.57 Å². The average Bonchev–Trinajstić information content (AvgIpc) is 2.40. The quantitative estimate of drug-likeness (QED) is 0.750. The first-order valence-corrected chi connectivity index (χ1v) is 8.39. The Bertz CT molecular complexity index is 589. The first-order chi connectivity index (χ1) is 9.79. The largest absolute Gasteiger partial charge is 0.309 e. The van der Waals surface area contributed by atoms with Crippen LogP contribution in [0.2, 0.25) is 0 Å². The number of hydrogen-bond donors (Lipinski definition) is 1. The summed E-state index contributed by atoms with van der Waals surface area (Å²) in [5.74, 6) is 0.794. The number of nitrogens with one attached hydrogen (secondary N) is 1. The van der Waals surface area contributed by atoms with Crippen LogP contribution < -0.4 is 5.32 Å². The van der Waals surface area contributed by atoms with Crippen molar-refractivity contribution in [3.8, 4) is 0 Å². The second-order valence-corrected chi connectivity index (χ2v) is 6.70. The number of halogens is 1. The SMILES string of the molecule is CNC(c1cccc(C2CCC2)c1)c1ccccc1I. The Morgan fingerprint density at radius 2 is 1.90 bits per heavy atom. The lowest BCUT2D eigenvalue weighted by atomic mass is 9.79. The van der Waals surface area contributed by atoms with Gasteiger partial charge in [-0.05, 0) is 71.2 Å². The number of benzene rings is 2. The van der Waals surface area contributed by atoms with Crippen molar-refractivity contribution >= 4 is 22.6 Å². The molecule has 3 rings (SSSR count). The normalized spacial score (nSPS) is 16.7. The van der Waals surface area contributed by atoms with Crippen LogP contribution in [-0.2, 0) is 0 Å². The highest BCUT2D eigenvalue weighted by atomic mass is 127. The monoisotopic (exact) mass is 377 g/mol. The Labute approximate surface area is 134 Å². The zero-order chi connectivity index (χ0) is 13.9. The van der Waals surface area contributed by atoms with E-state index in [0.717, 1.165) is 5.92 Å². The summed E-state index contributed by atoms with van der Waals surface area (Å²) in [5, 5.41) is 3.47. The Balaban J connectivity index is 1.95. The summed E-state index contributed by atoms with van der Waals surface area (Å²) in [5.41, 5.74) is 4.25. The molecule has 1 aliphatic carbocycles. The molecule has 0 amide bonds. The molecule has 2 aromatic rings. The van der Waals surface area contributed by atoms with Crippen molar-refractivity contribution < 1.29 is 0 Å². The molecule has 0 spiro atoms.